The summed E-state index contributed by atoms with van der Waals surface area (Å²) in [7, 11) is -4.02. The summed E-state index contributed by atoms with van der Waals surface area (Å²) in [5.41, 5.74) is 3.86. The summed E-state index contributed by atoms with van der Waals surface area (Å²) in [6.07, 6.45) is 0.705. The second-order valence-electron chi connectivity index (χ2n) is 7.94. The maximum Gasteiger partial charge on any atom is 0.243 e. The first-order chi connectivity index (χ1) is 16.0. The molecule has 0 radical (unpaired) electrons. The zero-order valence-electron chi connectivity index (χ0n) is 19.0. The molecule has 0 spiro atoms. The number of hydrogen-bond donors (Lipinski definition) is 1. The van der Waals surface area contributed by atoms with Gasteiger partial charge >= 0.3 is 0 Å². The molecule has 5 nitrogen and oxygen atoms in total. The van der Waals surface area contributed by atoms with Crippen LogP contribution in [0.2, 0.25) is 10.0 Å². The van der Waals surface area contributed by atoms with E-state index in [0.717, 1.165) is 25.5 Å². The van der Waals surface area contributed by atoms with Crippen molar-refractivity contribution in [3.63, 3.8) is 0 Å². The van der Waals surface area contributed by atoms with Crippen molar-refractivity contribution in [3.8, 4) is 0 Å². The minimum absolute atomic E-state index is 0.0862. The van der Waals surface area contributed by atoms with Crippen LogP contribution in [0.5, 0.6) is 0 Å². The number of anilines is 1. The summed E-state index contributed by atoms with van der Waals surface area (Å²) in [5, 5.41) is 3.56. The Labute approximate surface area is 219 Å². The van der Waals surface area contributed by atoms with Gasteiger partial charge in [0.2, 0.25) is 15.9 Å². The summed E-state index contributed by atoms with van der Waals surface area (Å²) in [6, 6.07) is 15.3. The van der Waals surface area contributed by atoms with Gasteiger partial charge in [0, 0.05) is 32.3 Å². The highest BCUT2D eigenvalue weighted by molar-refractivity contribution is 9.10. The Kier molecular flexibility index (Phi) is 8.82. The molecule has 3 aromatic carbocycles. The van der Waals surface area contributed by atoms with Gasteiger partial charge in [-0.25, -0.2) is 8.42 Å². The average molecular weight is 584 g/mol. The lowest BCUT2D eigenvalue weighted by Crippen LogP contribution is -2.38. The van der Waals surface area contributed by atoms with E-state index in [0.29, 0.717) is 27.7 Å². The molecular formula is C25H25BrCl2N2O3S. The number of carbonyl (C=O) groups excluding carboxylic acids is 1. The number of carbonyl (C=O) groups is 1. The zero-order valence-corrected chi connectivity index (χ0v) is 22.9. The van der Waals surface area contributed by atoms with Gasteiger partial charge < -0.3 is 5.32 Å². The van der Waals surface area contributed by atoms with E-state index >= 15 is 0 Å². The quantitative estimate of drug-likeness (QED) is 0.318. The monoisotopic (exact) mass is 582 g/mol. The van der Waals surface area contributed by atoms with Gasteiger partial charge in [-0.3, -0.25) is 4.79 Å². The lowest BCUT2D eigenvalue weighted by molar-refractivity contribution is -0.116. The smallest absolute Gasteiger partial charge is 0.243 e. The highest BCUT2D eigenvalue weighted by Crippen LogP contribution is 2.29. The number of nitrogens with one attached hydrogen (secondary N) is 1. The van der Waals surface area contributed by atoms with Gasteiger partial charge in [0.1, 0.15) is 0 Å². The van der Waals surface area contributed by atoms with Crippen molar-refractivity contribution in [3.05, 3.63) is 91.4 Å². The third-order valence-electron chi connectivity index (χ3n) is 5.40. The molecule has 9 heteroatoms. The topological polar surface area (TPSA) is 66.5 Å². The van der Waals surface area contributed by atoms with Crippen LogP contribution in [0.15, 0.2) is 64.0 Å². The van der Waals surface area contributed by atoms with Gasteiger partial charge in [-0.05, 0) is 67.8 Å². The average Bonchev–Trinajstić information content (AvgIpc) is 2.77. The fourth-order valence-electron chi connectivity index (χ4n) is 3.55. The van der Waals surface area contributed by atoms with E-state index < -0.39 is 22.5 Å². The molecule has 0 heterocycles. The van der Waals surface area contributed by atoms with E-state index in [1.807, 2.05) is 32.9 Å². The summed E-state index contributed by atoms with van der Waals surface area (Å²) in [5.74, 6) is -0.459. The Morgan fingerprint density at radius 3 is 2.24 bits per heavy atom. The Morgan fingerprint density at radius 2 is 1.65 bits per heavy atom. The van der Waals surface area contributed by atoms with Gasteiger partial charge in [-0.1, -0.05) is 69.8 Å². The molecule has 0 aliphatic carbocycles. The molecule has 0 unspecified atom stereocenters. The fraction of sp³-hybridized carbons (Fsp3) is 0.240. The second-order valence-corrected chi connectivity index (χ2v) is 11.6. The molecule has 0 aliphatic heterocycles. The minimum atomic E-state index is -4.02. The van der Waals surface area contributed by atoms with Crippen molar-refractivity contribution >= 4 is 60.7 Å². The van der Waals surface area contributed by atoms with Crippen molar-refractivity contribution in [2.24, 2.45) is 0 Å². The van der Waals surface area contributed by atoms with Crippen molar-refractivity contribution in [1.82, 2.24) is 4.31 Å². The van der Waals surface area contributed by atoms with Crippen molar-refractivity contribution in [2.45, 2.75) is 38.6 Å². The summed E-state index contributed by atoms with van der Waals surface area (Å²) < 4.78 is 29.1. The van der Waals surface area contributed by atoms with E-state index in [1.54, 1.807) is 30.3 Å². The number of halogens is 3. The lowest BCUT2D eigenvalue weighted by Gasteiger charge is -2.24. The predicted octanol–water partition coefficient (Wildman–Crippen LogP) is 6.76. The number of rotatable bonds is 8. The Balaban J connectivity index is 1.97. The Hall–Kier alpha value is -1.90. The van der Waals surface area contributed by atoms with Gasteiger partial charge in [0.05, 0.1) is 11.4 Å². The van der Waals surface area contributed by atoms with Crippen molar-refractivity contribution in [1.29, 1.82) is 0 Å². The van der Waals surface area contributed by atoms with Gasteiger partial charge in [0.15, 0.2) is 0 Å². The zero-order chi connectivity index (χ0) is 25.0. The first kappa shape index (κ1) is 26.7. The van der Waals surface area contributed by atoms with Crippen molar-refractivity contribution in [2.75, 3.05) is 11.9 Å². The number of sulfonamides is 1. The largest absolute Gasteiger partial charge is 0.324 e. The molecule has 34 heavy (non-hydrogen) atoms. The third-order valence-corrected chi connectivity index (χ3v) is 8.37. The van der Waals surface area contributed by atoms with E-state index in [9.17, 15) is 13.2 Å². The molecule has 0 saturated heterocycles. The Bertz CT molecular complexity index is 1290. The molecule has 1 amide bonds. The maximum absolute atomic E-state index is 13.5. The van der Waals surface area contributed by atoms with Crippen molar-refractivity contribution < 1.29 is 13.2 Å². The number of aryl methyl sites for hydroxylation is 3. The number of hydrogen-bond acceptors (Lipinski definition) is 3. The van der Waals surface area contributed by atoms with Crippen LogP contribution in [0, 0.1) is 13.8 Å². The second kappa shape index (κ2) is 11.2. The molecule has 0 bridgehead atoms. The van der Waals surface area contributed by atoms with E-state index in [2.05, 4.69) is 21.2 Å². The SMILES string of the molecule is CCc1cc(Br)cc(C)c1NC(=O)CN(Cc1c(Cl)cccc1Cl)S(=O)(=O)c1ccc(C)cc1. The molecule has 3 aromatic rings. The molecule has 0 saturated carbocycles. The summed E-state index contributed by atoms with van der Waals surface area (Å²) in [4.78, 5) is 13.2. The molecule has 0 aromatic heterocycles. The molecule has 0 atom stereocenters. The van der Waals surface area contributed by atoms with Gasteiger partial charge in [-0.15, -0.1) is 0 Å². The molecule has 0 aliphatic rings. The highest BCUT2D eigenvalue weighted by atomic mass is 79.9. The third kappa shape index (κ3) is 6.20. The van der Waals surface area contributed by atoms with Crippen LogP contribution in [-0.4, -0.2) is 25.2 Å². The molecule has 0 fully saturated rings. The van der Waals surface area contributed by atoms with Crippen LogP contribution in [0.3, 0.4) is 0 Å². The minimum Gasteiger partial charge on any atom is -0.324 e. The number of nitrogens with zero attached hydrogens (tertiary/aromatic N) is 1. The molecule has 3 rings (SSSR count). The van der Waals surface area contributed by atoms with E-state index in [1.165, 1.54) is 12.1 Å². The summed E-state index contributed by atoms with van der Waals surface area (Å²) >= 11 is 16.1. The van der Waals surface area contributed by atoms with Crippen LogP contribution in [-0.2, 0) is 27.8 Å². The molecule has 180 valence electrons. The molecular weight excluding hydrogens is 559 g/mol. The lowest BCUT2D eigenvalue weighted by atomic mass is 10.1. The van der Waals surface area contributed by atoms with Crippen LogP contribution in [0.25, 0.3) is 0 Å². The maximum atomic E-state index is 13.5. The summed E-state index contributed by atoms with van der Waals surface area (Å²) in [6.45, 7) is 5.20. The van der Waals surface area contributed by atoms with E-state index in [4.69, 9.17) is 23.2 Å². The highest BCUT2D eigenvalue weighted by Gasteiger charge is 2.28. The first-order valence-electron chi connectivity index (χ1n) is 10.6. The Morgan fingerprint density at radius 1 is 1.03 bits per heavy atom. The number of benzene rings is 3. The van der Waals surface area contributed by atoms with Crippen LogP contribution in [0.4, 0.5) is 5.69 Å². The van der Waals surface area contributed by atoms with E-state index in [-0.39, 0.29) is 11.4 Å². The van der Waals surface area contributed by atoms with Crippen LogP contribution < -0.4 is 5.32 Å². The fourth-order valence-corrected chi connectivity index (χ4v) is 6.06. The predicted molar refractivity (Wildman–Crippen MR) is 142 cm³/mol. The van der Waals surface area contributed by atoms with Crippen LogP contribution in [0.1, 0.15) is 29.2 Å². The van der Waals surface area contributed by atoms with Gasteiger partial charge in [0.25, 0.3) is 0 Å². The first-order valence-corrected chi connectivity index (χ1v) is 13.6. The molecule has 1 N–H and O–H groups in total. The normalized spacial score (nSPS) is 11.6. The van der Waals surface area contributed by atoms with Crippen LogP contribution >= 0.6 is 39.1 Å². The number of amides is 1. The standard InChI is InChI=1S/C25H25BrCl2N2O3S/c1-4-18-13-19(26)12-17(3)25(18)29-24(31)15-30(14-21-22(27)6-5-7-23(21)28)34(32,33)20-10-8-16(2)9-11-20/h5-13H,4,14-15H2,1-3H3,(H,29,31). The van der Waals surface area contributed by atoms with Gasteiger partial charge in [-0.2, -0.15) is 4.31 Å².